The van der Waals surface area contributed by atoms with Crippen molar-refractivity contribution in [2.24, 2.45) is 0 Å². The fraction of sp³-hybridized carbons (Fsp3) is 0.333. The van der Waals surface area contributed by atoms with Gasteiger partial charge in [-0.3, -0.25) is 9.59 Å². The number of amides is 2. The summed E-state index contributed by atoms with van der Waals surface area (Å²) in [6.45, 7) is 3.31. The third-order valence-electron chi connectivity index (χ3n) is 5.58. The van der Waals surface area contributed by atoms with E-state index in [1.165, 1.54) is 22.5 Å². The van der Waals surface area contributed by atoms with Gasteiger partial charge in [-0.05, 0) is 30.7 Å². The van der Waals surface area contributed by atoms with Gasteiger partial charge in [0, 0.05) is 62.8 Å². The molecule has 1 unspecified atom stereocenters. The van der Waals surface area contributed by atoms with E-state index < -0.39 is 12.3 Å². The fourth-order valence-corrected chi connectivity index (χ4v) is 3.91. The van der Waals surface area contributed by atoms with Crippen molar-refractivity contribution in [3.05, 3.63) is 70.8 Å². The van der Waals surface area contributed by atoms with Crippen molar-refractivity contribution in [1.82, 2.24) is 29.7 Å². The number of allylic oxidation sites excluding steroid dienone is 2. The summed E-state index contributed by atoms with van der Waals surface area (Å²) < 4.78 is 20.8. The largest absolute Gasteiger partial charge is 0.460 e. The molecule has 0 saturated carbocycles. The molecule has 0 aliphatic carbocycles. The molecular weight excluding hydrogens is 525 g/mol. The number of carbonyl (C=O) groups is 2. The number of unbranched alkanes of at least 4 members (excludes halogenated alkanes) is 1. The molecule has 10 nitrogen and oxygen atoms in total. The molecule has 2 amide bonds. The lowest BCUT2D eigenvalue weighted by atomic mass is 9.99. The van der Waals surface area contributed by atoms with E-state index in [9.17, 15) is 14.0 Å². The van der Waals surface area contributed by atoms with Crippen molar-refractivity contribution in [2.75, 3.05) is 33.4 Å². The highest BCUT2D eigenvalue weighted by Crippen LogP contribution is 2.34. The first kappa shape index (κ1) is 29.4. The molecule has 1 aromatic carbocycles. The van der Waals surface area contributed by atoms with Crippen molar-refractivity contribution in [1.29, 1.82) is 0 Å². The van der Waals surface area contributed by atoms with Crippen LogP contribution in [0.4, 0.5) is 10.2 Å². The number of ether oxygens (including phenoxy) is 1. The summed E-state index contributed by atoms with van der Waals surface area (Å²) >= 11 is 6.34. The molecule has 208 valence electrons. The number of alkyl halides is 1. The third kappa shape index (κ3) is 7.47. The van der Waals surface area contributed by atoms with Gasteiger partial charge in [0.1, 0.15) is 11.3 Å². The fourth-order valence-electron chi connectivity index (χ4n) is 3.74. The van der Waals surface area contributed by atoms with E-state index in [0.29, 0.717) is 28.3 Å². The second-order valence-electron chi connectivity index (χ2n) is 9.06. The molecule has 2 aromatic heterocycles. The first-order valence-electron chi connectivity index (χ1n) is 12.3. The highest BCUT2D eigenvalue weighted by atomic mass is 35.5. The maximum absolute atomic E-state index is 14.0. The Bertz CT molecular complexity index is 1400. The second-order valence-corrected chi connectivity index (χ2v) is 9.49. The van der Waals surface area contributed by atoms with Gasteiger partial charge in [0.15, 0.2) is 11.5 Å². The Morgan fingerprint density at radius 1 is 1.31 bits per heavy atom. The highest BCUT2D eigenvalue weighted by Gasteiger charge is 2.23. The molecule has 0 spiro atoms. The number of anilines is 1. The van der Waals surface area contributed by atoms with Gasteiger partial charge in [0.2, 0.25) is 12.3 Å². The van der Waals surface area contributed by atoms with E-state index in [1.54, 1.807) is 62.7 Å². The van der Waals surface area contributed by atoms with Gasteiger partial charge in [0.05, 0.1) is 12.2 Å². The first-order valence-corrected chi connectivity index (χ1v) is 12.7. The average molecular weight is 558 g/mol. The van der Waals surface area contributed by atoms with Crippen LogP contribution in [0.5, 0.6) is 5.75 Å². The predicted octanol–water partition coefficient (Wildman–Crippen LogP) is 4.13. The number of carbonyl (C=O) groups excluding carboxylic acids is 2. The van der Waals surface area contributed by atoms with Gasteiger partial charge >= 0.3 is 0 Å². The van der Waals surface area contributed by atoms with Gasteiger partial charge in [-0.25, -0.2) is 13.9 Å². The van der Waals surface area contributed by atoms with E-state index in [2.05, 4.69) is 15.4 Å². The van der Waals surface area contributed by atoms with Crippen LogP contribution in [0.1, 0.15) is 42.6 Å². The molecule has 0 aliphatic rings. The van der Waals surface area contributed by atoms with E-state index in [-0.39, 0.29) is 35.2 Å². The number of fused-ring (bicyclic) bond motifs is 1. The molecule has 3 rings (SSSR count). The molecule has 2 heterocycles. The molecular formula is C27H33ClFN7O3. The van der Waals surface area contributed by atoms with E-state index in [1.807, 2.05) is 13.0 Å². The second kappa shape index (κ2) is 13.1. The van der Waals surface area contributed by atoms with Crippen molar-refractivity contribution < 1.29 is 18.7 Å². The lowest BCUT2D eigenvalue weighted by Gasteiger charge is -2.22. The number of likely N-dealkylation sites (N-methyl/N-ethyl adjacent to an activating group) is 2. The third-order valence-corrected chi connectivity index (χ3v) is 5.81. The smallest absolute Gasteiger partial charge is 0.263 e. The number of rotatable bonds is 11. The van der Waals surface area contributed by atoms with Gasteiger partial charge < -0.3 is 25.6 Å². The summed E-state index contributed by atoms with van der Waals surface area (Å²) in [6, 6.07) is 6.47. The lowest BCUT2D eigenvalue weighted by Crippen LogP contribution is -2.33. The zero-order valence-corrected chi connectivity index (χ0v) is 23.4. The van der Waals surface area contributed by atoms with Crippen molar-refractivity contribution in [3.8, 4) is 5.75 Å². The molecule has 3 aromatic rings. The summed E-state index contributed by atoms with van der Waals surface area (Å²) in [6.07, 6.45) is 6.51. The Morgan fingerprint density at radius 3 is 2.72 bits per heavy atom. The van der Waals surface area contributed by atoms with Crippen LogP contribution < -0.4 is 15.8 Å². The van der Waals surface area contributed by atoms with Crippen molar-refractivity contribution in [2.45, 2.75) is 33.0 Å². The topological polar surface area (TPSA) is 118 Å². The zero-order valence-electron chi connectivity index (χ0n) is 22.6. The summed E-state index contributed by atoms with van der Waals surface area (Å²) in [5.41, 5.74) is 7.76. The SMILES string of the molecule is CCC/C=C(/C(=C\N(C)CC(=O)N(C)C)NC(=O)c1c(N)nn2cccnc12)c1cc(Cl)ccc1OC(C)F. The van der Waals surface area contributed by atoms with Crippen molar-refractivity contribution >= 4 is 40.5 Å². The van der Waals surface area contributed by atoms with Gasteiger partial charge in [0.25, 0.3) is 5.91 Å². The molecule has 1 atom stereocenters. The van der Waals surface area contributed by atoms with Crippen LogP contribution in [0, 0.1) is 0 Å². The molecule has 3 N–H and O–H groups in total. The summed E-state index contributed by atoms with van der Waals surface area (Å²) in [5, 5.41) is 7.48. The Kier molecular flexibility index (Phi) is 9.89. The molecule has 0 fully saturated rings. The molecule has 0 bridgehead atoms. The zero-order chi connectivity index (χ0) is 28.7. The van der Waals surface area contributed by atoms with Gasteiger partial charge in [-0.2, -0.15) is 0 Å². The molecule has 12 heteroatoms. The number of benzene rings is 1. The number of aromatic nitrogens is 3. The molecule has 0 saturated heterocycles. The number of hydrogen-bond donors (Lipinski definition) is 2. The minimum Gasteiger partial charge on any atom is -0.460 e. The minimum atomic E-state index is -1.59. The standard InChI is InChI=1S/C27H33ClFN7O3/c1-6-7-9-19(20-14-18(28)10-11-22(20)39-17(2)29)21(15-35(5)16-23(37)34(3)4)32-27(38)24-25(30)33-36-13-8-12-31-26(24)36/h8-15,17H,6-7,16H2,1-5H3,(H2,30,33)(H,32,38)/b19-9+,21-15+. The van der Waals surface area contributed by atoms with Crippen LogP contribution in [0.3, 0.4) is 0 Å². The van der Waals surface area contributed by atoms with Crippen LogP contribution in [-0.4, -0.2) is 70.3 Å². The molecule has 39 heavy (non-hydrogen) atoms. The number of nitrogens with one attached hydrogen (secondary N) is 1. The van der Waals surface area contributed by atoms with Crippen LogP contribution in [0.15, 0.2) is 54.6 Å². The molecule has 0 aliphatic heterocycles. The van der Waals surface area contributed by atoms with E-state index >= 15 is 0 Å². The monoisotopic (exact) mass is 557 g/mol. The Hall–Kier alpha value is -4.12. The summed E-state index contributed by atoms with van der Waals surface area (Å²) in [5.74, 6) is -0.474. The van der Waals surface area contributed by atoms with E-state index in [4.69, 9.17) is 22.1 Å². The van der Waals surface area contributed by atoms with Gasteiger partial charge in [-0.15, -0.1) is 5.10 Å². The van der Waals surface area contributed by atoms with Crippen LogP contribution >= 0.6 is 11.6 Å². The average Bonchev–Trinajstić information content (AvgIpc) is 3.20. The lowest BCUT2D eigenvalue weighted by molar-refractivity contribution is -0.129. The minimum absolute atomic E-state index is 0.00110. The van der Waals surface area contributed by atoms with E-state index in [0.717, 1.165) is 6.42 Å². The number of nitrogen functional groups attached to an aromatic ring is 1. The quantitative estimate of drug-likeness (QED) is 0.340. The summed E-state index contributed by atoms with van der Waals surface area (Å²) in [4.78, 5) is 33.4. The van der Waals surface area contributed by atoms with Crippen LogP contribution in [0.25, 0.3) is 11.2 Å². The first-order chi connectivity index (χ1) is 18.5. The summed E-state index contributed by atoms with van der Waals surface area (Å²) in [7, 11) is 5.02. The maximum atomic E-state index is 14.0. The Morgan fingerprint density at radius 2 is 2.05 bits per heavy atom. The number of nitrogens with zero attached hydrogens (tertiary/aromatic N) is 5. The predicted molar refractivity (Wildman–Crippen MR) is 150 cm³/mol. The van der Waals surface area contributed by atoms with Crippen LogP contribution in [-0.2, 0) is 4.79 Å². The Labute approximate surface area is 231 Å². The van der Waals surface area contributed by atoms with Gasteiger partial charge in [-0.1, -0.05) is 31.0 Å². The molecule has 0 radical (unpaired) electrons. The maximum Gasteiger partial charge on any atom is 0.263 e. The van der Waals surface area contributed by atoms with Crippen LogP contribution in [0.2, 0.25) is 5.02 Å². The normalized spacial score (nSPS) is 12.8. The number of halogens is 2. The Balaban J connectivity index is 2.16. The number of hydrogen-bond acceptors (Lipinski definition) is 7. The highest BCUT2D eigenvalue weighted by molar-refractivity contribution is 6.30. The van der Waals surface area contributed by atoms with Crippen molar-refractivity contribution in [3.63, 3.8) is 0 Å². The number of nitrogens with two attached hydrogens (primary N) is 1.